The number of rotatable bonds is 2. The van der Waals surface area contributed by atoms with Crippen molar-refractivity contribution in [3.63, 3.8) is 0 Å². The van der Waals surface area contributed by atoms with E-state index in [1.165, 1.54) is 12.1 Å². The molecule has 14 heavy (non-hydrogen) atoms. The van der Waals surface area contributed by atoms with E-state index in [4.69, 9.17) is 4.99 Å². The van der Waals surface area contributed by atoms with Crippen LogP contribution in [0.2, 0.25) is 0 Å². The molecular formula is C13H23N. The highest BCUT2D eigenvalue weighted by molar-refractivity contribution is 5.97. The normalized spacial score (nSPS) is 27.0. The molecule has 1 aliphatic rings. The van der Waals surface area contributed by atoms with Crippen LogP contribution in [0.4, 0.5) is 0 Å². The van der Waals surface area contributed by atoms with E-state index in [1.807, 2.05) is 0 Å². The number of hydrogen-bond acceptors (Lipinski definition) is 1. The third-order valence-electron chi connectivity index (χ3n) is 2.98. The lowest BCUT2D eigenvalue weighted by molar-refractivity contribution is 0.263. The molecule has 0 radical (unpaired) electrons. The average Bonchev–Trinajstić information content (AvgIpc) is 2.08. The SMILES string of the molecule is C/C=C\C1=NCC(C)(C)CC1C(C)C. The third-order valence-corrected chi connectivity index (χ3v) is 2.98. The van der Waals surface area contributed by atoms with E-state index in [0.29, 0.717) is 17.3 Å². The molecule has 80 valence electrons. The molecule has 0 aliphatic carbocycles. The summed E-state index contributed by atoms with van der Waals surface area (Å²) in [5, 5.41) is 0. The summed E-state index contributed by atoms with van der Waals surface area (Å²) in [4.78, 5) is 4.70. The van der Waals surface area contributed by atoms with Gasteiger partial charge in [-0.25, -0.2) is 0 Å². The van der Waals surface area contributed by atoms with Gasteiger partial charge in [-0.15, -0.1) is 0 Å². The molecule has 1 unspecified atom stereocenters. The van der Waals surface area contributed by atoms with Gasteiger partial charge in [0.15, 0.2) is 0 Å². The van der Waals surface area contributed by atoms with Gasteiger partial charge < -0.3 is 0 Å². The second kappa shape index (κ2) is 4.29. The Hall–Kier alpha value is -0.590. The van der Waals surface area contributed by atoms with Crippen molar-refractivity contribution in [3.8, 4) is 0 Å². The first-order chi connectivity index (χ1) is 6.46. The van der Waals surface area contributed by atoms with E-state index in [-0.39, 0.29) is 0 Å². The Balaban J connectivity index is 2.87. The Morgan fingerprint density at radius 2 is 2.07 bits per heavy atom. The van der Waals surface area contributed by atoms with Crippen molar-refractivity contribution >= 4 is 5.71 Å². The van der Waals surface area contributed by atoms with Gasteiger partial charge in [-0.1, -0.05) is 33.8 Å². The first-order valence-corrected chi connectivity index (χ1v) is 5.63. The molecule has 1 nitrogen and oxygen atoms in total. The van der Waals surface area contributed by atoms with E-state index in [0.717, 1.165) is 6.54 Å². The molecule has 1 atom stereocenters. The summed E-state index contributed by atoms with van der Waals surface area (Å²) in [7, 11) is 0. The zero-order valence-corrected chi connectivity index (χ0v) is 10.2. The van der Waals surface area contributed by atoms with Crippen LogP contribution in [0.3, 0.4) is 0 Å². The smallest absolute Gasteiger partial charge is 0.0444 e. The molecule has 0 saturated heterocycles. The molecule has 0 saturated carbocycles. The number of aliphatic imine (C=N–C) groups is 1. The number of hydrogen-bond donors (Lipinski definition) is 0. The summed E-state index contributed by atoms with van der Waals surface area (Å²) in [5.41, 5.74) is 1.70. The van der Waals surface area contributed by atoms with Crippen LogP contribution in [0.1, 0.15) is 41.0 Å². The monoisotopic (exact) mass is 193 g/mol. The summed E-state index contributed by atoms with van der Waals surface area (Å²) >= 11 is 0. The lowest BCUT2D eigenvalue weighted by Crippen LogP contribution is -2.33. The van der Waals surface area contributed by atoms with Crippen LogP contribution in [0.5, 0.6) is 0 Å². The lowest BCUT2D eigenvalue weighted by atomic mass is 9.74. The van der Waals surface area contributed by atoms with E-state index < -0.39 is 0 Å². The quantitative estimate of drug-likeness (QED) is 0.634. The molecule has 1 rings (SSSR count). The molecule has 0 amide bonds. The molecule has 0 aromatic carbocycles. The highest BCUT2D eigenvalue weighted by Gasteiger charge is 2.31. The lowest BCUT2D eigenvalue weighted by Gasteiger charge is -2.35. The van der Waals surface area contributed by atoms with Crippen LogP contribution < -0.4 is 0 Å². The molecule has 0 N–H and O–H groups in total. The van der Waals surface area contributed by atoms with Crippen molar-refractivity contribution in [2.45, 2.75) is 41.0 Å². The van der Waals surface area contributed by atoms with Crippen LogP contribution in [-0.2, 0) is 0 Å². The maximum absolute atomic E-state index is 4.70. The van der Waals surface area contributed by atoms with E-state index in [1.54, 1.807) is 0 Å². The fourth-order valence-corrected chi connectivity index (χ4v) is 2.11. The minimum atomic E-state index is 0.389. The summed E-state index contributed by atoms with van der Waals surface area (Å²) < 4.78 is 0. The molecule has 1 heterocycles. The highest BCUT2D eigenvalue weighted by Crippen LogP contribution is 2.34. The van der Waals surface area contributed by atoms with Gasteiger partial charge in [-0.3, -0.25) is 4.99 Å². The number of allylic oxidation sites excluding steroid dienone is 2. The molecule has 0 aromatic heterocycles. The summed E-state index contributed by atoms with van der Waals surface area (Å²) in [6, 6.07) is 0. The van der Waals surface area contributed by atoms with Crippen LogP contribution in [0.25, 0.3) is 0 Å². The maximum atomic E-state index is 4.70. The van der Waals surface area contributed by atoms with Crippen LogP contribution >= 0.6 is 0 Å². The summed E-state index contributed by atoms with van der Waals surface area (Å²) in [6.07, 6.45) is 5.56. The van der Waals surface area contributed by atoms with Gasteiger partial charge in [0.25, 0.3) is 0 Å². The summed E-state index contributed by atoms with van der Waals surface area (Å²) in [5.74, 6) is 1.35. The van der Waals surface area contributed by atoms with Crippen LogP contribution in [0, 0.1) is 17.3 Å². The Bertz CT molecular complexity index is 246. The molecule has 0 fully saturated rings. The standard InChI is InChI=1S/C13H23N/c1-6-7-12-11(10(2)3)8-13(4,5)9-14-12/h6-7,10-11H,8-9H2,1-5H3/b7-6-. The van der Waals surface area contributed by atoms with Crippen molar-refractivity contribution in [1.82, 2.24) is 0 Å². The molecule has 0 spiro atoms. The van der Waals surface area contributed by atoms with Crippen molar-refractivity contribution in [1.29, 1.82) is 0 Å². The van der Waals surface area contributed by atoms with Crippen LogP contribution in [-0.4, -0.2) is 12.3 Å². The highest BCUT2D eigenvalue weighted by atomic mass is 14.8. The van der Waals surface area contributed by atoms with E-state index in [9.17, 15) is 0 Å². The summed E-state index contributed by atoms with van der Waals surface area (Å²) in [6.45, 7) is 12.3. The minimum absolute atomic E-state index is 0.389. The van der Waals surface area contributed by atoms with Gasteiger partial charge >= 0.3 is 0 Å². The fraction of sp³-hybridized carbons (Fsp3) is 0.769. The van der Waals surface area contributed by atoms with Crippen molar-refractivity contribution in [2.24, 2.45) is 22.2 Å². The van der Waals surface area contributed by atoms with Gasteiger partial charge in [-0.2, -0.15) is 0 Å². The van der Waals surface area contributed by atoms with Crippen molar-refractivity contribution in [2.75, 3.05) is 6.54 Å². The van der Waals surface area contributed by atoms with Gasteiger partial charge in [-0.05, 0) is 30.8 Å². The Kier molecular flexibility index (Phi) is 3.52. The van der Waals surface area contributed by atoms with E-state index in [2.05, 4.69) is 46.8 Å². The molecule has 0 aromatic rings. The van der Waals surface area contributed by atoms with Gasteiger partial charge in [0.1, 0.15) is 0 Å². The largest absolute Gasteiger partial charge is 0.289 e. The Morgan fingerprint density at radius 1 is 1.43 bits per heavy atom. The Morgan fingerprint density at radius 3 is 2.57 bits per heavy atom. The molecule has 1 aliphatic heterocycles. The third kappa shape index (κ3) is 2.70. The second-order valence-corrected chi connectivity index (χ2v) is 5.46. The number of nitrogens with zero attached hydrogens (tertiary/aromatic N) is 1. The Labute approximate surface area is 88.3 Å². The van der Waals surface area contributed by atoms with Crippen LogP contribution in [0.15, 0.2) is 17.1 Å². The topological polar surface area (TPSA) is 12.4 Å². The van der Waals surface area contributed by atoms with Crippen molar-refractivity contribution < 1.29 is 0 Å². The molecular weight excluding hydrogens is 170 g/mol. The fourth-order valence-electron chi connectivity index (χ4n) is 2.11. The predicted molar refractivity (Wildman–Crippen MR) is 63.8 cm³/mol. The maximum Gasteiger partial charge on any atom is 0.0444 e. The molecule has 0 bridgehead atoms. The minimum Gasteiger partial charge on any atom is -0.289 e. The first kappa shape index (κ1) is 11.5. The zero-order chi connectivity index (χ0) is 10.8. The van der Waals surface area contributed by atoms with E-state index >= 15 is 0 Å². The second-order valence-electron chi connectivity index (χ2n) is 5.46. The molecule has 1 heteroatoms. The average molecular weight is 193 g/mol. The van der Waals surface area contributed by atoms with Crippen molar-refractivity contribution in [3.05, 3.63) is 12.2 Å². The van der Waals surface area contributed by atoms with Gasteiger partial charge in [0, 0.05) is 18.2 Å². The first-order valence-electron chi connectivity index (χ1n) is 5.63. The zero-order valence-electron chi connectivity index (χ0n) is 10.2. The predicted octanol–water partition coefficient (Wildman–Crippen LogP) is 3.71. The van der Waals surface area contributed by atoms with Gasteiger partial charge in [0.2, 0.25) is 0 Å². The van der Waals surface area contributed by atoms with Gasteiger partial charge in [0.05, 0.1) is 0 Å².